The minimum atomic E-state index is -0.876. The number of benzene rings is 2. The molecule has 1 aliphatic heterocycles. The number of rotatable bonds is 2. The predicted molar refractivity (Wildman–Crippen MR) is 103 cm³/mol. The van der Waals surface area contributed by atoms with Gasteiger partial charge in [-0.15, -0.1) is 0 Å². The normalized spacial score (nSPS) is 16.1. The van der Waals surface area contributed by atoms with Crippen LogP contribution < -0.4 is 10.2 Å². The summed E-state index contributed by atoms with van der Waals surface area (Å²) in [5.41, 5.74) is 1.71. The van der Waals surface area contributed by atoms with Crippen LogP contribution in [0.25, 0.3) is 6.08 Å². The van der Waals surface area contributed by atoms with Gasteiger partial charge in [0.15, 0.2) is 0 Å². The molecule has 6 nitrogen and oxygen atoms in total. The molecule has 0 atom stereocenters. The Morgan fingerprint density at radius 1 is 1.00 bits per heavy atom. The molecule has 2 aromatic carbocycles. The van der Waals surface area contributed by atoms with E-state index in [1.54, 1.807) is 26.0 Å². The van der Waals surface area contributed by atoms with E-state index in [0.717, 1.165) is 4.90 Å². The van der Waals surface area contributed by atoms with Crippen molar-refractivity contribution in [2.45, 2.75) is 13.8 Å². The number of hydrogen-bond donors (Lipinski definition) is 2. The Morgan fingerprint density at radius 3 is 2.22 bits per heavy atom. The summed E-state index contributed by atoms with van der Waals surface area (Å²) in [6.07, 6.45) is 1.37. The van der Waals surface area contributed by atoms with Crippen LogP contribution in [0.4, 0.5) is 10.5 Å². The molecule has 8 heteroatoms. The smallest absolute Gasteiger partial charge is 0.335 e. The lowest BCUT2D eigenvalue weighted by Gasteiger charge is -2.26. The Bertz CT molecular complexity index is 1010. The number of nitrogens with one attached hydrogen (secondary N) is 1. The maximum atomic E-state index is 12.8. The molecular weight excluding hydrogens is 391 g/mol. The van der Waals surface area contributed by atoms with Gasteiger partial charge in [-0.1, -0.05) is 23.2 Å². The maximum absolute atomic E-state index is 12.8. The predicted octanol–water partition coefficient (Wildman–Crippen LogP) is 3.98. The number of phenols is 1. The second-order valence-corrected chi connectivity index (χ2v) is 6.87. The van der Waals surface area contributed by atoms with Crippen LogP contribution in [-0.2, 0) is 9.59 Å². The Morgan fingerprint density at radius 2 is 1.63 bits per heavy atom. The average molecular weight is 405 g/mol. The first-order valence-electron chi connectivity index (χ1n) is 7.85. The van der Waals surface area contributed by atoms with Crippen LogP contribution in [0.3, 0.4) is 0 Å². The molecule has 0 spiro atoms. The average Bonchev–Trinajstić information content (AvgIpc) is 2.59. The monoisotopic (exact) mass is 404 g/mol. The van der Waals surface area contributed by atoms with E-state index >= 15 is 0 Å². The molecule has 0 saturated carbocycles. The molecule has 0 aromatic heterocycles. The fourth-order valence-electron chi connectivity index (χ4n) is 2.76. The van der Waals surface area contributed by atoms with E-state index < -0.39 is 17.8 Å². The first-order valence-corrected chi connectivity index (χ1v) is 8.61. The number of imide groups is 2. The van der Waals surface area contributed by atoms with E-state index in [4.69, 9.17) is 23.2 Å². The van der Waals surface area contributed by atoms with Gasteiger partial charge in [0.05, 0.1) is 15.7 Å². The second kappa shape index (κ2) is 7.06. The Balaban J connectivity index is 2.06. The minimum absolute atomic E-state index is 0.143. The molecular formula is C19H14Cl2N2O4. The number of aryl methyl sites for hydroxylation is 2. The van der Waals surface area contributed by atoms with E-state index in [-0.39, 0.29) is 27.1 Å². The van der Waals surface area contributed by atoms with Gasteiger partial charge in [0.25, 0.3) is 11.8 Å². The number of aromatic hydroxyl groups is 1. The summed E-state index contributed by atoms with van der Waals surface area (Å²) in [5.74, 6) is -1.45. The SMILES string of the molecule is Cc1cc(C=C2C(=O)NC(=O)N(c3ccc(Cl)c(Cl)c3)C2=O)cc(C)c1O. The molecule has 0 radical (unpaired) electrons. The highest BCUT2D eigenvalue weighted by Crippen LogP contribution is 2.30. The van der Waals surface area contributed by atoms with Crippen molar-refractivity contribution >= 4 is 52.8 Å². The Hall–Kier alpha value is -2.83. The molecule has 2 aromatic rings. The number of hydrogen-bond acceptors (Lipinski definition) is 4. The van der Waals surface area contributed by atoms with Crippen molar-refractivity contribution in [1.29, 1.82) is 0 Å². The summed E-state index contributed by atoms with van der Waals surface area (Å²) in [6.45, 7) is 3.41. The number of carbonyl (C=O) groups excluding carboxylic acids is 3. The van der Waals surface area contributed by atoms with Gasteiger partial charge in [-0.3, -0.25) is 14.9 Å². The minimum Gasteiger partial charge on any atom is -0.507 e. The van der Waals surface area contributed by atoms with Crippen molar-refractivity contribution in [1.82, 2.24) is 5.32 Å². The van der Waals surface area contributed by atoms with Gasteiger partial charge in [0, 0.05) is 0 Å². The van der Waals surface area contributed by atoms with Crippen LogP contribution in [0.1, 0.15) is 16.7 Å². The molecule has 3 rings (SSSR count). The molecule has 0 bridgehead atoms. The molecule has 1 saturated heterocycles. The van der Waals surface area contributed by atoms with Crippen LogP contribution in [0, 0.1) is 13.8 Å². The first kappa shape index (κ1) is 18.9. The van der Waals surface area contributed by atoms with Gasteiger partial charge < -0.3 is 5.11 Å². The van der Waals surface area contributed by atoms with Crippen LogP contribution in [-0.4, -0.2) is 23.0 Å². The van der Waals surface area contributed by atoms with Crippen molar-refractivity contribution < 1.29 is 19.5 Å². The van der Waals surface area contributed by atoms with E-state index in [1.165, 1.54) is 24.3 Å². The third kappa shape index (κ3) is 3.54. The van der Waals surface area contributed by atoms with Gasteiger partial charge in [-0.05, 0) is 66.9 Å². The number of carbonyl (C=O) groups is 3. The van der Waals surface area contributed by atoms with Crippen molar-refractivity contribution in [3.63, 3.8) is 0 Å². The van der Waals surface area contributed by atoms with Gasteiger partial charge in [-0.2, -0.15) is 0 Å². The number of urea groups is 1. The van der Waals surface area contributed by atoms with Crippen molar-refractivity contribution in [3.8, 4) is 5.75 Å². The zero-order chi connectivity index (χ0) is 19.9. The number of barbiturate groups is 1. The van der Waals surface area contributed by atoms with Gasteiger partial charge in [0.1, 0.15) is 11.3 Å². The topological polar surface area (TPSA) is 86.7 Å². The summed E-state index contributed by atoms with van der Waals surface area (Å²) < 4.78 is 0. The molecule has 1 heterocycles. The van der Waals surface area contributed by atoms with Crippen LogP contribution in [0.2, 0.25) is 10.0 Å². The Kier molecular flexibility index (Phi) is 4.95. The zero-order valence-electron chi connectivity index (χ0n) is 14.3. The number of nitrogens with zero attached hydrogens (tertiary/aromatic N) is 1. The summed E-state index contributed by atoms with van der Waals surface area (Å²) in [6, 6.07) is 6.66. The molecule has 1 fully saturated rings. The van der Waals surface area contributed by atoms with Gasteiger partial charge >= 0.3 is 6.03 Å². The number of phenolic OH excluding ortho intramolecular Hbond substituents is 1. The number of anilines is 1. The van der Waals surface area contributed by atoms with E-state index in [2.05, 4.69) is 5.32 Å². The molecule has 2 N–H and O–H groups in total. The van der Waals surface area contributed by atoms with Gasteiger partial charge in [0.2, 0.25) is 0 Å². The van der Waals surface area contributed by atoms with Crippen LogP contribution >= 0.6 is 23.2 Å². The lowest BCUT2D eigenvalue weighted by Crippen LogP contribution is -2.54. The number of halogens is 2. The van der Waals surface area contributed by atoms with Crippen molar-refractivity contribution in [2.75, 3.05) is 4.90 Å². The lowest BCUT2D eigenvalue weighted by atomic mass is 10.0. The summed E-state index contributed by atoms with van der Waals surface area (Å²) >= 11 is 11.8. The molecule has 0 unspecified atom stereocenters. The van der Waals surface area contributed by atoms with Crippen LogP contribution in [0.5, 0.6) is 5.75 Å². The molecule has 1 aliphatic rings. The van der Waals surface area contributed by atoms with E-state index in [0.29, 0.717) is 16.7 Å². The fourth-order valence-corrected chi connectivity index (χ4v) is 3.05. The first-order chi connectivity index (χ1) is 12.7. The third-order valence-electron chi connectivity index (χ3n) is 4.09. The van der Waals surface area contributed by atoms with E-state index in [1.807, 2.05) is 0 Å². The highest BCUT2D eigenvalue weighted by molar-refractivity contribution is 6.43. The molecule has 0 aliphatic carbocycles. The highest BCUT2D eigenvalue weighted by atomic mass is 35.5. The highest BCUT2D eigenvalue weighted by Gasteiger charge is 2.37. The molecule has 4 amide bonds. The zero-order valence-corrected chi connectivity index (χ0v) is 15.9. The largest absolute Gasteiger partial charge is 0.507 e. The van der Waals surface area contributed by atoms with Crippen molar-refractivity contribution in [3.05, 3.63) is 62.6 Å². The number of amides is 4. The lowest BCUT2D eigenvalue weighted by molar-refractivity contribution is -0.122. The second-order valence-electron chi connectivity index (χ2n) is 6.06. The van der Waals surface area contributed by atoms with Crippen molar-refractivity contribution in [2.24, 2.45) is 0 Å². The van der Waals surface area contributed by atoms with Crippen LogP contribution in [0.15, 0.2) is 35.9 Å². The standard InChI is InChI=1S/C19H14Cl2N2O4/c1-9-5-11(6-10(2)16(9)24)7-13-17(25)22-19(27)23(18(13)26)12-3-4-14(20)15(21)8-12/h3-8,24H,1-2H3,(H,22,25,27). The summed E-state index contributed by atoms with van der Waals surface area (Å²) in [4.78, 5) is 38.1. The quantitative estimate of drug-likeness (QED) is 0.585. The molecule has 138 valence electrons. The van der Waals surface area contributed by atoms with Gasteiger partial charge in [-0.25, -0.2) is 9.69 Å². The summed E-state index contributed by atoms with van der Waals surface area (Å²) in [5, 5.41) is 12.4. The third-order valence-corrected chi connectivity index (χ3v) is 4.83. The Labute approximate surface area is 165 Å². The summed E-state index contributed by atoms with van der Waals surface area (Å²) in [7, 11) is 0. The fraction of sp³-hybridized carbons (Fsp3) is 0.105. The maximum Gasteiger partial charge on any atom is 0.335 e. The van der Waals surface area contributed by atoms with E-state index in [9.17, 15) is 19.5 Å². The molecule has 27 heavy (non-hydrogen) atoms.